The Hall–Kier alpha value is -3.31. The molecule has 0 saturated heterocycles. The van der Waals surface area contributed by atoms with Gasteiger partial charge in [0.1, 0.15) is 66.7 Å². The van der Waals surface area contributed by atoms with Gasteiger partial charge in [-0.05, 0) is 90.2 Å². The summed E-state index contributed by atoms with van der Waals surface area (Å²) < 4.78 is 0. The fraction of sp³-hybridized carbons (Fsp3) is 0.667. The van der Waals surface area contributed by atoms with Crippen LogP contribution < -0.4 is 0 Å². The summed E-state index contributed by atoms with van der Waals surface area (Å²) in [4.78, 5) is 0. The van der Waals surface area contributed by atoms with E-state index in [1.54, 1.807) is 0 Å². The van der Waals surface area contributed by atoms with E-state index in [1.807, 2.05) is 0 Å². The van der Waals surface area contributed by atoms with Crippen molar-refractivity contribution >= 4 is 32.3 Å². The highest BCUT2D eigenvalue weighted by molar-refractivity contribution is 6.92. The van der Waals surface area contributed by atoms with E-state index in [0.29, 0.717) is 88.8 Å². The number of hydrogen-bond donors (Lipinski definition) is 0. The Kier molecular flexibility index (Phi) is 23.0. The molecule has 0 atom stereocenters. The van der Waals surface area contributed by atoms with E-state index in [0.717, 1.165) is 0 Å². The SMILES string of the molecule is CC(C)[Si](C#C/C(C#N)=C(/C#CC#C/C(C#C[Si](C(C)C)(C(C)C)C(C)C)=C(\C#N)C#C[Si](C(C)C)(C(C)C)C(C)C)C#C[Si](C(C)C)(C(C)C)C(C)C)(C(C)C)C(C)C. The molecule has 0 amide bonds. The van der Waals surface area contributed by atoms with Crippen LogP contribution in [0.2, 0.25) is 66.5 Å². The normalized spacial score (nSPS) is 13.2. The van der Waals surface area contributed by atoms with Crippen molar-refractivity contribution in [1.29, 1.82) is 10.5 Å². The fourth-order valence-electron chi connectivity index (χ4n) is 11.2. The predicted molar refractivity (Wildman–Crippen MR) is 276 cm³/mol. The predicted octanol–water partition coefficient (Wildman–Crippen LogP) is 15.5. The van der Waals surface area contributed by atoms with E-state index in [1.165, 1.54) is 0 Å². The van der Waals surface area contributed by atoms with Crippen LogP contribution in [0.4, 0.5) is 0 Å². The van der Waals surface area contributed by atoms with Crippen molar-refractivity contribution in [2.24, 2.45) is 0 Å². The first-order valence-corrected chi connectivity index (χ1v) is 31.9. The van der Waals surface area contributed by atoms with Gasteiger partial charge in [0, 0.05) is 0 Å². The summed E-state index contributed by atoms with van der Waals surface area (Å²) in [5.74, 6) is 26.4. The second-order valence-corrected chi connectivity index (χ2v) is 43.1. The molecular weight excluding hydrogens is 789 g/mol. The molecule has 0 aliphatic rings. The topological polar surface area (TPSA) is 47.6 Å². The maximum absolute atomic E-state index is 10.7. The van der Waals surface area contributed by atoms with E-state index in [4.69, 9.17) is 0 Å². The lowest BCUT2D eigenvalue weighted by molar-refractivity contribution is 0.838. The van der Waals surface area contributed by atoms with E-state index in [9.17, 15) is 10.5 Å². The van der Waals surface area contributed by atoms with Crippen molar-refractivity contribution in [2.45, 2.75) is 233 Å². The summed E-state index contributed by atoms with van der Waals surface area (Å²) in [6.45, 7) is 54.8. The second kappa shape index (κ2) is 24.4. The van der Waals surface area contributed by atoms with Crippen molar-refractivity contribution in [3.63, 3.8) is 0 Å². The van der Waals surface area contributed by atoms with Crippen LogP contribution in [0.5, 0.6) is 0 Å². The Labute approximate surface area is 377 Å². The molecule has 0 aromatic heterocycles. The highest BCUT2D eigenvalue weighted by atomic mass is 28.3. The molecule has 0 aromatic rings. The zero-order chi connectivity index (χ0) is 47.1. The summed E-state index contributed by atoms with van der Waals surface area (Å²) in [5, 5.41) is 21.4. The molecule has 60 heavy (non-hydrogen) atoms. The smallest absolute Gasteiger partial charge is 0.146 e. The number of nitriles is 2. The van der Waals surface area contributed by atoms with Gasteiger partial charge in [-0.3, -0.25) is 0 Å². The van der Waals surface area contributed by atoms with Gasteiger partial charge in [-0.1, -0.05) is 190 Å². The Morgan fingerprint density at radius 1 is 0.250 bits per heavy atom. The van der Waals surface area contributed by atoms with Gasteiger partial charge in [-0.2, -0.15) is 10.5 Å². The first-order valence-electron chi connectivity index (χ1n) is 23.0. The zero-order valence-electron chi connectivity index (χ0n) is 42.8. The molecule has 0 N–H and O–H groups in total. The summed E-state index contributed by atoms with van der Waals surface area (Å²) in [7, 11) is -8.64. The zero-order valence-corrected chi connectivity index (χ0v) is 46.8. The lowest BCUT2D eigenvalue weighted by atomic mass is 10.1. The molecule has 0 aliphatic carbocycles. The minimum atomic E-state index is -2.17. The van der Waals surface area contributed by atoms with Gasteiger partial charge in [0.2, 0.25) is 0 Å². The van der Waals surface area contributed by atoms with Crippen molar-refractivity contribution in [3.05, 3.63) is 22.3 Å². The van der Waals surface area contributed by atoms with Crippen molar-refractivity contribution in [1.82, 2.24) is 0 Å². The van der Waals surface area contributed by atoms with Gasteiger partial charge in [0.15, 0.2) is 0 Å². The van der Waals surface area contributed by atoms with Crippen LogP contribution in [0.25, 0.3) is 0 Å². The van der Waals surface area contributed by atoms with Crippen LogP contribution >= 0.6 is 0 Å². The molecule has 326 valence electrons. The molecule has 0 saturated carbocycles. The summed E-state index contributed by atoms with van der Waals surface area (Å²) in [5.41, 5.74) is 21.6. The van der Waals surface area contributed by atoms with Crippen LogP contribution in [0.1, 0.15) is 166 Å². The summed E-state index contributed by atoms with van der Waals surface area (Å²) in [6, 6.07) is 4.85. The molecule has 0 radical (unpaired) electrons. The third-order valence-corrected chi connectivity index (χ3v) is 39.4. The average Bonchev–Trinajstić information content (AvgIpc) is 3.11. The third-order valence-electron chi connectivity index (χ3n) is 14.2. The monoisotopic (exact) mass is 873 g/mol. The number of hydrogen-bond acceptors (Lipinski definition) is 2. The summed E-state index contributed by atoms with van der Waals surface area (Å²) >= 11 is 0. The quantitative estimate of drug-likeness (QED) is 0.111. The number of nitrogens with zero attached hydrogens (tertiary/aromatic N) is 2. The lowest BCUT2D eigenvalue weighted by Gasteiger charge is -2.38. The molecule has 0 bridgehead atoms. The fourth-order valence-corrected chi connectivity index (χ4v) is 32.0. The molecule has 2 nitrogen and oxygen atoms in total. The van der Waals surface area contributed by atoms with E-state index < -0.39 is 32.3 Å². The molecule has 0 fully saturated rings. The number of rotatable bonds is 12. The Morgan fingerprint density at radius 3 is 0.533 bits per heavy atom. The molecule has 6 heteroatoms. The van der Waals surface area contributed by atoms with Crippen LogP contribution in [0.3, 0.4) is 0 Å². The van der Waals surface area contributed by atoms with Crippen LogP contribution in [-0.2, 0) is 0 Å². The molecular formula is C54H84N2Si4. The van der Waals surface area contributed by atoms with E-state index in [-0.39, 0.29) is 0 Å². The van der Waals surface area contributed by atoms with Crippen molar-refractivity contribution in [2.75, 3.05) is 0 Å². The maximum Gasteiger partial charge on any atom is 0.146 e. The number of allylic oxidation sites excluding steroid dienone is 4. The van der Waals surface area contributed by atoms with Crippen LogP contribution in [0.15, 0.2) is 22.3 Å². The highest BCUT2D eigenvalue weighted by Gasteiger charge is 2.44. The molecule has 0 aliphatic heterocycles. The van der Waals surface area contributed by atoms with Crippen molar-refractivity contribution < 1.29 is 0 Å². The Morgan fingerprint density at radius 2 is 0.400 bits per heavy atom. The Bertz CT molecular complexity index is 1780. The molecule has 0 heterocycles. The standard InChI is InChI=1S/C54H84N2Si4/c1-39(2)57(40(3)4,41(5)6)33-29-51(53(37-55)31-35-59(45(13)14,46(15)16)47(17)18)27-25-26-28-52(30-34-58(42(7)8,43(9)10)44(11)12)54(38-56)32-36-60(48(19)20,49(21)22)50(23)24/h39-50H,1-24H3/b53-51+,54-52+. The molecule has 0 rings (SSSR count). The average molecular weight is 874 g/mol. The van der Waals surface area contributed by atoms with E-state index >= 15 is 0 Å². The molecule has 0 spiro atoms. The molecule has 0 unspecified atom stereocenters. The van der Waals surface area contributed by atoms with Gasteiger partial charge < -0.3 is 0 Å². The van der Waals surface area contributed by atoms with Crippen LogP contribution in [-0.4, -0.2) is 32.3 Å². The minimum Gasteiger partial charge on any atom is -0.192 e. The summed E-state index contributed by atoms with van der Waals surface area (Å²) in [6.07, 6.45) is 0. The largest absolute Gasteiger partial charge is 0.192 e. The van der Waals surface area contributed by atoms with Gasteiger partial charge in [0.05, 0.1) is 0 Å². The van der Waals surface area contributed by atoms with E-state index in [2.05, 4.69) is 248 Å². The second-order valence-electron chi connectivity index (χ2n) is 20.8. The van der Waals surface area contributed by atoms with Gasteiger partial charge in [0.25, 0.3) is 0 Å². The van der Waals surface area contributed by atoms with Gasteiger partial charge in [-0.25, -0.2) is 0 Å². The van der Waals surface area contributed by atoms with Crippen molar-refractivity contribution in [3.8, 4) is 81.7 Å². The first-order chi connectivity index (χ1) is 27.6. The maximum atomic E-state index is 10.7. The first kappa shape index (κ1) is 56.7. The highest BCUT2D eigenvalue weighted by Crippen LogP contribution is 2.44. The van der Waals surface area contributed by atoms with Gasteiger partial charge in [-0.15, -0.1) is 22.2 Å². The van der Waals surface area contributed by atoms with Gasteiger partial charge >= 0.3 is 0 Å². The molecule has 0 aromatic carbocycles. The van der Waals surface area contributed by atoms with Crippen LogP contribution in [0, 0.1) is 92.2 Å². The lowest BCUT2D eigenvalue weighted by Crippen LogP contribution is -2.43. The third kappa shape index (κ3) is 12.6. The minimum absolute atomic E-state index is 0.313. The Balaban J connectivity index is 8.88.